The number of amides is 1. The average Bonchev–Trinajstić information content (AvgIpc) is 2.27. The van der Waals surface area contributed by atoms with Gasteiger partial charge in [0, 0.05) is 18.5 Å². The zero-order chi connectivity index (χ0) is 13.4. The lowest BCUT2D eigenvalue weighted by Crippen LogP contribution is -2.48. The van der Waals surface area contributed by atoms with Gasteiger partial charge in [-0.3, -0.25) is 4.79 Å². The van der Waals surface area contributed by atoms with Crippen LogP contribution in [0.5, 0.6) is 0 Å². The molecule has 2 fully saturated rings. The summed E-state index contributed by atoms with van der Waals surface area (Å²) < 4.78 is 0. The largest absolute Gasteiger partial charge is 0.342 e. The molecule has 2 rings (SSSR count). The van der Waals surface area contributed by atoms with Crippen molar-refractivity contribution in [2.75, 3.05) is 13.1 Å². The van der Waals surface area contributed by atoms with Gasteiger partial charge < -0.3 is 4.90 Å². The van der Waals surface area contributed by atoms with E-state index in [4.69, 9.17) is 0 Å². The maximum absolute atomic E-state index is 12.2. The molecule has 0 aromatic rings. The first-order valence-corrected chi connectivity index (χ1v) is 7.10. The Labute approximate surface area is 110 Å². The van der Waals surface area contributed by atoms with Gasteiger partial charge in [-0.25, -0.2) is 0 Å². The van der Waals surface area contributed by atoms with Crippen LogP contribution in [-0.2, 0) is 4.79 Å². The van der Waals surface area contributed by atoms with Crippen molar-refractivity contribution in [1.82, 2.24) is 4.90 Å². The van der Waals surface area contributed by atoms with Crippen LogP contribution in [0.3, 0.4) is 0 Å². The molecular formula is C15H24N2O. The lowest BCUT2D eigenvalue weighted by Gasteiger charge is -2.46. The Morgan fingerprint density at radius 1 is 1.28 bits per heavy atom. The number of nitriles is 1. The van der Waals surface area contributed by atoms with Crippen LogP contribution in [0.1, 0.15) is 52.9 Å². The van der Waals surface area contributed by atoms with Gasteiger partial charge in [-0.15, -0.1) is 0 Å². The summed E-state index contributed by atoms with van der Waals surface area (Å²) in [5.41, 5.74) is -0.326. The van der Waals surface area contributed by atoms with Crippen molar-refractivity contribution in [1.29, 1.82) is 5.26 Å². The molecule has 1 aliphatic heterocycles. The van der Waals surface area contributed by atoms with Gasteiger partial charge >= 0.3 is 0 Å². The van der Waals surface area contributed by atoms with E-state index >= 15 is 0 Å². The van der Waals surface area contributed by atoms with E-state index in [9.17, 15) is 10.1 Å². The Morgan fingerprint density at radius 2 is 1.83 bits per heavy atom. The smallest absolute Gasteiger partial charge is 0.227 e. The number of hydrogen-bond acceptors (Lipinski definition) is 2. The van der Waals surface area contributed by atoms with E-state index in [1.807, 2.05) is 25.7 Å². The molecule has 0 atom stereocenters. The molecule has 0 spiro atoms. The maximum atomic E-state index is 12.2. The minimum Gasteiger partial charge on any atom is -0.342 e. The van der Waals surface area contributed by atoms with Crippen molar-refractivity contribution in [2.45, 2.75) is 52.9 Å². The van der Waals surface area contributed by atoms with Crippen molar-refractivity contribution >= 4 is 5.91 Å². The molecule has 18 heavy (non-hydrogen) atoms. The third kappa shape index (κ3) is 2.25. The summed E-state index contributed by atoms with van der Waals surface area (Å²) in [6, 6.07) is 2.56. The number of carbonyl (C=O) groups is 1. The van der Waals surface area contributed by atoms with Crippen molar-refractivity contribution in [3.8, 4) is 6.07 Å². The lowest BCUT2D eigenvalue weighted by molar-refractivity contribution is -0.141. The molecule has 0 bridgehead atoms. The molecule has 1 amide bonds. The normalized spacial score (nSPS) is 24.2. The van der Waals surface area contributed by atoms with E-state index in [0.717, 1.165) is 38.8 Å². The number of carbonyl (C=O) groups excluding carboxylic acids is 1. The van der Waals surface area contributed by atoms with E-state index in [0.29, 0.717) is 5.92 Å². The molecule has 3 heteroatoms. The topological polar surface area (TPSA) is 44.1 Å². The van der Waals surface area contributed by atoms with Crippen molar-refractivity contribution < 1.29 is 4.79 Å². The summed E-state index contributed by atoms with van der Waals surface area (Å²) >= 11 is 0. The third-order valence-corrected chi connectivity index (χ3v) is 4.67. The van der Waals surface area contributed by atoms with Crippen molar-refractivity contribution in [3.05, 3.63) is 0 Å². The van der Waals surface area contributed by atoms with Gasteiger partial charge in [0.15, 0.2) is 0 Å². The second kappa shape index (κ2) is 4.57. The van der Waals surface area contributed by atoms with Crippen molar-refractivity contribution in [2.24, 2.45) is 16.7 Å². The number of nitrogens with zero attached hydrogens (tertiary/aromatic N) is 2. The predicted octanol–water partition coefficient (Wildman–Crippen LogP) is 2.96. The summed E-state index contributed by atoms with van der Waals surface area (Å²) in [4.78, 5) is 14.2. The molecule has 3 nitrogen and oxygen atoms in total. The number of hydrogen-bond donors (Lipinski definition) is 0. The summed E-state index contributed by atoms with van der Waals surface area (Å²) in [6.07, 6.45) is 5.36. The molecule has 1 aliphatic carbocycles. The Morgan fingerprint density at radius 3 is 2.17 bits per heavy atom. The van der Waals surface area contributed by atoms with Crippen molar-refractivity contribution in [3.63, 3.8) is 0 Å². The van der Waals surface area contributed by atoms with Gasteiger partial charge in [0.05, 0.1) is 11.5 Å². The molecular weight excluding hydrogens is 224 g/mol. The molecule has 2 aliphatic rings. The highest BCUT2D eigenvalue weighted by Crippen LogP contribution is 2.50. The van der Waals surface area contributed by atoms with E-state index in [2.05, 4.69) is 6.07 Å². The quantitative estimate of drug-likeness (QED) is 0.716. The van der Waals surface area contributed by atoms with Gasteiger partial charge in [-0.05, 0) is 31.6 Å². The summed E-state index contributed by atoms with van der Waals surface area (Å²) in [5.74, 6) is 0.765. The first-order chi connectivity index (χ1) is 8.39. The van der Waals surface area contributed by atoms with Gasteiger partial charge in [0.1, 0.15) is 0 Å². The molecule has 0 unspecified atom stereocenters. The fraction of sp³-hybridized carbons (Fsp3) is 0.867. The van der Waals surface area contributed by atoms with Crippen LogP contribution in [0.25, 0.3) is 0 Å². The maximum Gasteiger partial charge on any atom is 0.227 e. The first-order valence-electron chi connectivity index (χ1n) is 7.10. The van der Waals surface area contributed by atoms with Gasteiger partial charge in [-0.1, -0.05) is 27.2 Å². The highest BCUT2D eigenvalue weighted by Gasteiger charge is 2.46. The van der Waals surface area contributed by atoms with E-state index in [1.54, 1.807) is 0 Å². The number of piperidine rings is 1. The summed E-state index contributed by atoms with van der Waals surface area (Å²) in [5, 5.41) is 9.36. The fourth-order valence-corrected chi connectivity index (χ4v) is 3.28. The Bertz CT molecular complexity index is 363. The minimum atomic E-state index is -0.282. The van der Waals surface area contributed by atoms with Gasteiger partial charge in [0.25, 0.3) is 0 Å². The predicted molar refractivity (Wildman–Crippen MR) is 70.7 cm³/mol. The second-order valence-electron chi connectivity index (χ2n) is 6.94. The monoisotopic (exact) mass is 248 g/mol. The molecule has 1 saturated carbocycles. The van der Waals surface area contributed by atoms with Crippen LogP contribution >= 0.6 is 0 Å². The molecule has 0 radical (unpaired) electrons. The van der Waals surface area contributed by atoms with Gasteiger partial charge in [-0.2, -0.15) is 5.26 Å². The number of rotatable bonds is 1. The Kier molecular flexibility index (Phi) is 3.40. The lowest BCUT2D eigenvalue weighted by atomic mass is 9.59. The van der Waals surface area contributed by atoms with Crippen LogP contribution in [-0.4, -0.2) is 23.9 Å². The van der Waals surface area contributed by atoms with Gasteiger partial charge in [0.2, 0.25) is 5.91 Å². The number of likely N-dealkylation sites (tertiary alicyclic amines) is 1. The molecule has 100 valence electrons. The SMILES string of the molecule is CC(C)(C)C(=O)N1CCC(C2(C#N)CCC2)CC1. The third-order valence-electron chi connectivity index (χ3n) is 4.67. The second-order valence-corrected chi connectivity index (χ2v) is 6.94. The van der Waals surface area contributed by atoms with Crippen LogP contribution in [0, 0.1) is 28.1 Å². The standard InChI is InChI=1S/C15H24N2O/c1-14(2,3)13(18)17-9-5-12(6-10-17)15(11-16)7-4-8-15/h12H,4-10H2,1-3H3. The van der Waals surface area contributed by atoms with E-state index < -0.39 is 0 Å². The molecule has 1 heterocycles. The summed E-state index contributed by atoms with van der Waals surface area (Å²) in [7, 11) is 0. The zero-order valence-electron chi connectivity index (χ0n) is 11.8. The van der Waals surface area contributed by atoms with Crippen LogP contribution < -0.4 is 0 Å². The van der Waals surface area contributed by atoms with Crippen LogP contribution in [0.4, 0.5) is 0 Å². The Balaban J connectivity index is 1.93. The zero-order valence-corrected chi connectivity index (χ0v) is 11.8. The molecule has 0 aromatic carbocycles. The highest BCUT2D eigenvalue weighted by molar-refractivity contribution is 5.81. The van der Waals surface area contributed by atoms with Crippen LogP contribution in [0.2, 0.25) is 0 Å². The molecule has 0 N–H and O–H groups in total. The summed E-state index contributed by atoms with van der Waals surface area (Å²) in [6.45, 7) is 7.60. The first kappa shape index (κ1) is 13.4. The van der Waals surface area contributed by atoms with E-state index in [-0.39, 0.29) is 16.7 Å². The minimum absolute atomic E-state index is 0.0448. The highest BCUT2D eigenvalue weighted by atomic mass is 16.2. The fourth-order valence-electron chi connectivity index (χ4n) is 3.28. The van der Waals surface area contributed by atoms with E-state index in [1.165, 1.54) is 6.42 Å². The molecule has 0 aromatic heterocycles. The average molecular weight is 248 g/mol. The molecule has 1 saturated heterocycles. The van der Waals surface area contributed by atoms with Crippen LogP contribution in [0.15, 0.2) is 0 Å². The Hall–Kier alpha value is -1.04.